The first kappa shape index (κ1) is 15.1. The maximum absolute atomic E-state index is 13.9. The normalized spacial score (nSPS) is 16.0. The zero-order valence-corrected chi connectivity index (χ0v) is 13.9. The molecule has 1 aromatic heterocycles. The van der Waals surface area contributed by atoms with Gasteiger partial charge in [0.15, 0.2) is 0 Å². The van der Waals surface area contributed by atoms with E-state index >= 15 is 0 Å². The molecule has 0 aliphatic carbocycles. The molecule has 0 bridgehead atoms. The number of sulfonamides is 1. The summed E-state index contributed by atoms with van der Waals surface area (Å²) in [4.78, 5) is 0.641. The number of fused-ring (bicyclic) bond motifs is 1. The number of hydrogen-bond acceptors (Lipinski definition) is 3. The summed E-state index contributed by atoms with van der Waals surface area (Å²) in [5, 5.41) is 1.91. The average molecular weight is 394 g/mol. The molecule has 1 aromatic carbocycles. The van der Waals surface area contributed by atoms with Crippen molar-refractivity contribution in [1.29, 1.82) is 0 Å². The van der Waals surface area contributed by atoms with Crippen molar-refractivity contribution in [3.05, 3.63) is 50.1 Å². The smallest absolute Gasteiger partial charge is 0.207 e. The Morgan fingerprint density at radius 3 is 2.76 bits per heavy atom. The lowest BCUT2D eigenvalue weighted by molar-refractivity contribution is 0.390. The standard InChI is InChI=1S/C13H10BrF2NO2S2/c14-10-5-9(15)6-11(16)13(10)21(18,19)17-3-1-12-8(7-17)2-4-20-12/h2,4-6H,1,3,7H2. The van der Waals surface area contributed by atoms with Crippen LogP contribution in [-0.2, 0) is 23.0 Å². The number of benzene rings is 1. The van der Waals surface area contributed by atoms with Crippen molar-refractivity contribution in [2.24, 2.45) is 0 Å². The Hall–Kier alpha value is -0.830. The van der Waals surface area contributed by atoms with Gasteiger partial charge in [0.25, 0.3) is 0 Å². The second-order valence-electron chi connectivity index (χ2n) is 4.66. The van der Waals surface area contributed by atoms with Crippen LogP contribution in [0.25, 0.3) is 0 Å². The highest BCUT2D eigenvalue weighted by atomic mass is 79.9. The van der Waals surface area contributed by atoms with Crippen LogP contribution in [0.2, 0.25) is 0 Å². The van der Waals surface area contributed by atoms with Gasteiger partial charge in [0, 0.05) is 28.5 Å². The molecule has 3 rings (SSSR count). The number of hydrogen-bond donors (Lipinski definition) is 0. The van der Waals surface area contributed by atoms with E-state index in [-0.39, 0.29) is 11.0 Å². The first-order valence-corrected chi connectivity index (χ1v) is 9.21. The first-order chi connectivity index (χ1) is 9.89. The molecule has 0 saturated carbocycles. The van der Waals surface area contributed by atoms with Crippen molar-refractivity contribution in [1.82, 2.24) is 4.31 Å². The Balaban J connectivity index is 2.03. The fraction of sp³-hybridized carbons (Fsp3) is 0.231. The monoisotopic (exact) mass is 393 g/mol. The van der Waals surface area contributed by atoms with E-state index in [1.165, 1.54) is 4.31 Å². The van der Waals surface area contributed by atoms with Gasteiger partial charge >= 0.3 is 0 Å². The quantitative estimate of drug-likeness (QED) is 0.782. The molecule has 0 fully saturated rings. The topological polar surface area (TPSA) is 37.4 Å². The molecule has 8 heteroatoms. The fourth-order valence-electron chi connectivity index (χ4n) is 2.33. The van der Waals surface area contributed by atoms with Gasteiger partial charge in [0.2, 0.25) is 10.0 Å². The van der Waals surface area contributed by atoms with Gasteiger partial charge < -0.3 is 0 Å². The molecule has 3 nitrogen and oxygen atoms in total. The summed E-state index contributed by atoms with van der Waals surface area (Å²) in [5.74, 6) is -1.91. The van der Waals surface area contributed by atoms with Crippen LogP contribution in [0, 0.1) is 11.6 Å². The molecule has 2 heterocycles. The van der Waals surface area contributed by atoms with E-state index in [4.69, 9.17) is 0 Å². The van der Waals surface area contributed by atoms with Crippen LogP contribution in [0.4, 0.5) is 8.78 Å². The summed E-state index contributed by atoms with van der Waals surface area (Å²) in [5.41, 5.74) is 0.938. The third-order valence-electron chi connectivity index (χ3n) is 3.33. The zero-order chi connectivity index (χ0) is 15.2. The summed E-state index contributed by atoms with van der Waals surface area (Å²) in [6.45, 7) is 0.503. The molecule has 0 atom stereocenters. The maximum atomic E-state index is 13.9. The number of rotatable bonds is 2. The number of halogens is 3. The summed E-state index contributed by atoms with van der Waals surface area (Å²) < 4.78 is 53.4. The Morgan fingerprint density at radius 2 is 2.05 bits per heavy atom. The molecule has 1 aliphatic rings. The Kier molecular flexibility index (Phi) is 3.89. The summed E-state index contributed by atoms with van der Waals surface area (Å²) in [6.07, 6.45) is 0.604. The Bertz CT molecular complexity index is 781. The van der Waals surface area contributed by atoms with Crippen LogP contribution in [0.1, 0.15) is 10.4 Å². The summed E-state index contributed by atoms with van der Waals surface area (Å²) in [7, 11) is -4.01. The van der Waals surface area contributed by atoms with E-state index in [1.807, 2.05) is 11.4 Å². The van der Waals surface area contributed by atoms with Gasteiger partial charge in [-0.05, 0) is 45.4 Å². The molecule has 0 saturated heterocycles. The van der Waals surface area contributed by atoms with Gasteiger partial charge in [-0.25, -0.2) is 17.2 Å². The summed E-state index contributed by atoms with van der Waals surface area (Å²) >= 11 is 4.53. The summed E-state index contributed by atoms with van der Waals surface area (Å²) in [6, 6.07) is 3.41. The van der Waals surface area contributed by atoms with Crippen molar-refractivity contribution in [2.75, 3.05) is 6.54 Å². The average Bonchev–Trinajstić information content (AvgIpc) is 2.83. The van der Waals surface area contributed by atoms with Gasteiger partial charge in [0.05, 0.1) is 0 Å². The lowest BCUT2D eigenvalue weighted by atomic mass is 10.1. The Labute approximate surface area is 133 Å². The second kappa shape index (κ2) is 5.42. The molecular formula is C13H10BrF2NO2S2. The van der Waals surface area contributed by atoms with Crippen molar-refractivity contribution < 1.29 is 17.2 Å². The van der Waals surface area contributed by atoms with Crippen molar-refractivity contribution in [3.8, 4) is 0 Å². The van der Waals surface area contributed by atoms with Gasteiger partial charge in [-0.15, -0.1) is 11.3 Å². The maximum Gasteiger partial charge on any atom is 0.247 e. The van der Waals surface area contributed by atoms with Crippen LogP contribution in [0.15, 0.2) is 32.9 Å². The van der Waals surface area contributed by atoms with Gasteiger partial charge in [-0.2, -0.15) is 4.31 Å². The van der Waals surface area contributed by atoms with Crippen LogP contribution < -0.4 is 0 Å². The Morgan fingerprint density at radius 1 is 1.29 bits per heavy atom. The number of thiophene rings is 1. The molecule has 0 amide bonds. The predicted octanol–water partition coefficient (Wildman–Crippen LogP) is 3.54. The van der Waals surface area contributed by atoms with E-state index in [9.17, 15) is 17.2 Å². The molecule has 0 N–H and O–H groups in total. The van der Waals surface area contributed by atoms with Crippen LogP contribution >= 0.6 is 27.3 Å². The molecule has 21 heavy (non-hydrogen) atoms. The highest BCUT2D eigenvalue weighted by Gasteiger charge is 2.33. The third-order valence-corrected chi connectivity index (χ3v) is 7.17. The lowest BCUT2D eigenvalue weighted by Crippen LogP contribution is -2.36. The fourth-order valence-corrected chi connectivity index (χ4v) is 5.75. The van der Waals surface area contributed by atoms with Crippen LogP contribution in [0.5, 0.6) is 0 Å². The van der Waals surface area contributed by atoms with Crippen molar-refractivity contribution in [2.45, 2.75) is 17.9 Å². The zero-order valence-electron chi connectivity index (χ0n) is 10.6. The molecule has 0 radical (unpaired) electrons. The van der Waals surface area contributed by atoms with Crippen LogP contribution in [-0.4, -0.2) is 19.3 Å². The van der Waals surface area contributed by atoms with Crippen molar-refractivity contribution in [3.63, 3.8) is 0 Å². The third kappa shape index (κ3) is 2.65. The minimum Gasteiger partial charge on any atom is -0.207 e. The molecule has 112 valence electrons. The van der Waals surface area contributed by atoms with Gasteiger partial charge in [-0.3, -0.25) is 0 Å². The minimum atomic E-state index is -4.01. The first-order valence-electron chi connectivity index (χ1n) is 6.09. The van der Waals surface area contributed by atoms with Crippen LogP contribution in [0.3, 0.4) is 0 Å². The molecule has 2 aromatic rings. The SMILES string of the molecule is O=S(=O)(c1c(F)cc(F)cc1Br)N1CCc2sccc2C1. The van der Waals surface area contributed by atoms with E-state index in [0.29, 0.717) is 19.0 Å². The van der Waals surface area contributed by atoms with E-state index in [0.717, 1.165) is 16.5 Å². The molecule has 1 aliphatic heterocycles. The van der Waals surface area contributed by atoms with E-state index in [1.54, 1.807) is 11.3 Å². The molecule has 0 spiro atoms. The van der Waals surface area contributed by atoms with E-state index < -0.39 is 26.6 Å². The number of nitrogens with zero attached hydrogens (tertiary/aromatic N) is 1. The largest absolute Gasteiger partial charge is 0.247 e. The lowest BCUT2D eigenvalue weighted by Gasteiger charge is -2.26. The van der Waals surface area contributed by atoms with Gasteiger partial charge in [0.1, 0.15) is 16.5 Å². The predicted molar refractivity (Wildman–Crippen MR) is 79.7 cm³/mol. The molecule has 0 unspecified atom stereocenters. The molecular weight excluding hydrogens is 384 g/mol. The van der Waals surface area contributed by atoms with Gasteiger partial charge in [-0.1, -0.05) is 0 Å². The second-order valence-corrected chi connectivity index (χ2v) is 8.39. The highest BCUT2D eigenvalue weighted by Crippen LogP contribution is 2.32. The van der Waals surface area contributed by atoms with E-state index in [2.05, 4.69) is 15.9 Å². The van der Waals surface area contributed by atoms with Crippen molar-refractivity contribution >= 4 is 37.3 Å². The highest BCUT2D eigenvalue weighted by molar-refractivity contribution is 9.10. The minimum absolute atomic E-state index is 0.101.